The second-order valence-corrected chi connectivity index (χ2v) is 6.31. The Kier molecular flexibility index (Phi) is 3.06. The molecular weight excluding hydrogens is 226 g/mol. The summed E-state index contributed by atoms with van der Waals surface area (Å²) in [6.45, 7) is 6.85. The van der Waals surface area contributed by atoms with E-state index in [1.807, 2.05) is 12.1 Å². The van der Waals surface area contributed by atoms with Gasteiger partial charge in [-0.3, -0.25) is 0 Å². The molecule has 3 nitrogen and oxygen atoms in total. The van der Waals surface area contributed by atoms with Crippen molar-refractivity contribution < 1.29 is 9.84 Å². The molecule has 0 unspecified atom stereocenters. The lowest BCUT2D eigenvalue weighted by Gasteiger charge is -2.25. The number of ether oxygens (including phenoxy) is 1. The first-order valence-corrected chi connectivity index (χ1v) is 6.46. The molecule has 3 N–H and O–H groups in total. The van der Waals surface area contributed by atoms with Crippen LogP contribution in [0.4, 0.5) is 0 Å². The Labute approximate surface area is 109 Å². The van der Waals surface area contributed by atoms with E-state index in [1.165, 1.54) is 0 Å². The maximum atomic E-state index is 10.5. The van der Waals surface area contributed by atoms with Gasteiger partial charge in [0.2, 0.25) is 0 Å². The maximum absolute atomic E-state index is 10.5. The number of phenolic OH excluding ortho intramolecular Hbond substituents is 1. The minimum atomic E-state index is -0.113. The van der Waals surface area contributed by atoms with Gasteiger partial charge >= 0.3 is 0 Å². The van der Waals surface area contributed by atoms with Crippen molar-refractivity contribution in [1.82, 2.24) is 0 Å². The van der Waals surface area contributed by atoms with Crippen molar-refractivity contribution in [2.24, 2.45) is 5.73 Å². The predicted molar refractivity (Wildman–Crippen MR) is 73.3 cm³/mol. The van der Waals surface area contributed by atoms with Gasteiger partial charge in [-0.25, -0.2) is 0 Å². The second-order valence-electron chi connectivity index (χ2n) is 6.31. The molecule has 1 fully saturated rings. The van der Waals surface area contributed by atoms with Gasteiger partial charge in [0.05, 0.1) is 7.11 Å². The SMILES string of the molecule is COc1cc(C(C)(C)C)c(O)c(C2(CN)CC2)c1. The standard InChI is InChI=1S/C15H23NO2/c1-14(2,3)11-7-10(18-4)8-12(13(11)17)15(9-16)5-6-15/h7-8,17H,5-6,9,16H2,1-4H3. The molecule has 1 aliphatic rings. The zero-order valence-corrected chi connectivity index (χ0v) is 11.7. The molecular formula is C15H23NO2. The first-order valence-electron chi connectivity index (χ1n) is 6.46. The molecule has 3 heteroatoms. The fraction of sp³-hybridized carbons (Fsp3) is 0.600. The fourth-order valence-corrected chi connectivity index (χ4v) is 2.44. The Balaban J connectivity index is 2.60. The van der Waals surface area contributed by atoms with Crippen LogP contribution in [0.1, 0.15) is 44.7 Å². The maximum Gasteiger partial charge on any atom is 0.123 e. The highest BCUT2D eigenvalue weighted by Gasteiger charge is 2.45. The van der Waals surface area contributed by atoms with Crippen LogP contribution in [0.2, 0.25) is 0 Å². The van der Waals surface area contributed by atoms with Crippen molar-refractivity contribution in [3.8, 4) is 11.5 Å². The van der Waals surface area contributed by atoms with Crippen molar-refractivity contribution in [3.63, 3.8) is 0 Å². The number of aromatic hydroxyl groups is 1. The highest BCUT2D eigenvalue weighted by Crippen LogP contribution is 2.53. The van der Waals surface area contributed by atoms with Gasteiger partial charge in [-0.2, -0.15) is 0 Å². The highest BCUT2D eigenvalue weighted by atomic mass is 16.5. The van der Waals surface area contributed by atoms with E-state index in [0.717, 1.165) is 29.7 Å². The van der Waals surface area contributed by atoms with Gasteiger partial charge in [0, 0.05) is 23.1 Å². The van der Waals surface area contributed by atoms with Gasteiger partial charge in [-0.15, -0.1) is 0 Å². The van der Waals surface area contributed by atoms with Crippen LogP contribution in [0.3, 0.4) is 0 Å². The lowest BCUT2D eigenvalue weighted by Crippen LogP contribution is -2.21. The predicted octanol–water partition coefficient (Wildman–Crippen LogP) is 2.69. The van der Waals surface area contributed by atoms with Crippen LogP contribution in [0, 0.1) is 0 Å². The number of hydrogen-bond donors (Lipinski definition) is 2. The molecule has 0 radical (unpaired) electrons. The van der Waals surface area contributed by atoms with Crippen LogP contribution in [-0.4, -0.2) is 18.8 Å². The van der Waals surface area contributed by atoms with Crippen LogP contribution in [0.15, 0.2) is 12.1 Å². The van der Waals surface area contributed by atoms with Crippen molar-refractivity contribution in [1.29, 1.82) is 0 Å². The molecule has 1 saturated carbocycles. The molecule has 0 amide bonds. The Morgan fingerprint density at radius 3 is 2.33 bits per heavy atom. The Morgan fingerprint density at radius 1 is 1.33 bits per heavy atom. The summed E-state index contributed by atoms with van der Waals surface area (Å²) in [5, 5.41) is 10.5. The van der Waals surface area contributed by atoms with E-state index < -0.39 is 0 Å². The first kappa shape index (κ1) is 13.2. The van der Waals surface area contributed by atoms with Gasteiger partial charge in [-0.1, -0.05) is 20.8 Å². The van der Waals surface area contributed by atoms with Crippen LogP contribution in [0.25, 0.3) is 0 Å². The summed E-state index contributed by atoms with van der Waals surface area (Å²) in [4.78, 5) is 0. The molecule has 18 heavy (non-hydrogen) atoms. The van der Waals surface area contributed by atoms with E-state index in [2.05, 4.69) is 20.8 Å². The zero-order valence-electron chi connectivity index (χ0n) is 11.7. The van der Waals surface area contributed by atoms with Gasteiger partial charge in [0.15, 0.2) is 0 Å². The molecule has 0 spiro atoms. The molecule has 0 atom stereocenters. The minimum absolute atomic E-state index is 0.0291. The van der Waals surface area contributed by atoms with Crippen LogP contribution >= 0.6 is 0 Å². The largest absolute Gasteiger partial charge is 0.507 e. The number of hydrogen-bond acceptors (Lipinski definition) is 3. The summed E-state index contributed by atoms with van der Waals surface area (Å²) in [6, 6.07) is 3.86. The fourth-order valence-electron chi connectivity index (χ4n) is 2.44. The molecule has 1 aliphatic carbocycles. The third-order valence-corrected chi connectivity index (χ3v) is 3.94. The van der Waals surface area contributed by atoms with E-state index in [1.54, 1.807) is 7.11 Å². The van der Waals surface area contributed by atoms with Gasteiger partial charge < -0.3 is 15.6 Å². The summed E-state index contributed by atoms with van der Waals surface area (Å²) >= 11 is 0. The van der Waals surface area contributed by atoms with E-state index in [-0.39, 0.29) is 10.8 Å². The minimum Gasteiger partial charge on any atom is -0.507 e. The number of rotatable bonds is 3. The Morgan fingerprint density at radius 2 is 1.94 bits per heavy atom. The number of benzene rings is 1. The summed E-state index contributed by atoms with van der Waals surface area (Å²) in [5.41, 5.74) is 7.61. The van der Waals surface area contributed by atoms with Crippen LogP contribution in [0.5, 0.6) is 11.5 Å². The topological polar surface area (TPSA) is 55.5 Å². The Bertz CT molecular complexity index is 456. The molecule has 0 bridgehead atoms. The van der Waals surface area contributed by atoms with E-state index in [0.29, 0.717) is 12.3 Å². The van der Waals surface area contributed by atoms with Crippen molar-refractivity contribution in [2.45, 2.75) is 44.4 Å². The number of methoxy groups -OCH3 is 1. The van der Waals surface area contributed by atoms with Crippen molar-refractivity contribution in [3.05, 3.63) is 23.3 Å². The molecule has 2 rings (SSSR count). The van der Waals surface area contributed by atoms with E-state index in [9.17, 15) is 5.11 Å². The second kappa shape index (κ2) is 4.16. The summed E-state index contributed by atoms with van der Waals surface area (Å²) < 4.78 is 5.36. The highest BCUT2D eigenvalue weighted by molar-refractivity contribution is 5.54. The molecule has 0 aromatic heterocycles. The molecule has 0 saturated heterocycles. The van der Waals surface area contributed by atoms with Crippen molar-refractivity contribution >= 4 is 0 Å². The summed E-state index contributed by atoms with van der Waals surface area (Å²) in [7, 11) is 1.66. The van der Waals surface area contributed by atoms with E-state index in [4.69, 9.17) is 10.5 Å². The average Bonchev–Trinajstić information content (AvgIpc) is 3.08. The lowest BCUT2D eigenvalue weighted by atomic mass is 9.82. The molecule has 1 aromatic rings. The molecule has 1 aromatic carbocycles. The Hall–Kier alpha value is -1.22. The lowest BCUT2D eigenvalue weighted by molar-refractivity contribution is 0.399. The van der Waals surface area contributed by atoms with Crippen LogP contribution < -0.4 is 10.5 Å². The first-order chi connectivity index (χ1) is 8.34. The molecule has 0 heterocycles. The van der Waals surface area contributed by atoms with E-state index >= 15 is 0 Å². The quantitative estimate of drug-likeness (QED) is 0.866. The van der Waals surface area contributed by atoms with Crippen molar-refractivity contribution in [2.75, 3.05) is 13.7 Å². The number of phenols is 1. The third kappa shape index (κ3) is 2.07. The zero-order chi connectivity index (χ0) is 13.6. The van der Waals surface area contributed by atoms with Crippen LogP contribution in [-0.2, 0) is 10.8 Å². The van der Waals surface area contributed by atoms with Gasteiger partial charge in [-0.05, 0) is 30.4 Å². The third-order valence-electron chi connectivity index (χ3n) is 3.94. The van der Waals surface area contributed by atoms with Gasteiger partial charge in [0.1, 0.15) is 11.5 Å². The molecule has 0 aliphatic heterocycles. The normalized spacial score (nSPS) is 17.6. The van der Waals surface area contributed by atoms with Gasteiger partial charge in [0.25, 0.3) is 0 Å². The number of nitrogens with two attached hydrogens (primary N) is 1. The summed E-state index contributed by atoms with van der Waals surface area (Å²) in [5.74, 6) is 1.19. The molecule has 100 valence electrons. The smallest absolute Gasteiger partial charge is 0.123 e. The monoisotopic (exact) mass is 249 g/mol. The average molecular weight is 249 g/mol. The summed E-state index contributed by atoms with van der Waals surface area (Å²) in [6.07, 6.45) is 2.10.